The molecule has 9 heteroatoms. The first-order valence-electron chi connectivity index (χ1n) is 10.2. The molecule has 3 rings (SSSR count). The summed E-state index contributed by atoms with van der Waals surface area (Å²) in [6.45, 7) is 1.63. The summed E-state index contributed by atoms with van der Waals surface area (Å²) in [7, 11) is 1.54. The van der Waals surface area contributed by atoms with E-state index in [0.717, 1.165) is 10.0 Å². The van der Waals surface area contributed by atoms with Crippen molar-refractivity contribution in [2.75, 3.05) is 13.7 Å². The predicted molar refractivity (Wildman–Crippen MR) is 131 cm³/mol. The molecule has 174 valence electrons. The molecule has 0 aliphatic carbocycles. The lowest BCUT2D eigenvalue weighted by atomic mass is 10.1. The van der Waals surface area contributed by atoms with Gasteiger partial charge in [-0.05, 0) is 61.5 Å². The largest absolute Gasteiger partial charge is 0.497 e. The summed E-state index contributed by atoms with van der Waals surface area (Å²) in [6, 6.07) is 18.6. The third-order valence-corrected chi connectivity index (χ3v) is 5.08. The van der Waals surface area contributed by atoms with Crippen LogP contribution in [-0.4, -0.2) is 37.7 Å². The molecule has 0 bridgehead atoms. The number of nitrogens with one attached hydrogen (secondary N) is 2. The van der Waals surface area contributed by atoms with Gasteiger partial charge in [0.15, 0.2) is 0 Å². The van der Waals surface area contributed by atoms with Crippen molar-refractivity contribution in [1.82, 2.24) is 10.7 Å². The van der Waals surface area contributed by atoms with Gasteiger partial charge in [0.25, 0.3) is 11.8 Å². The molecule has 0 saturated carbocycles. The van der Waals surface area contributed by atoms with Crippen molar-refractivity contribution in [3.05, 3.63) is 93.5 Å². The summed E-state index contributed by atoms with van der Waals surface area (Å²) in [5, 5.41) is 6.44. The van der Waals surface area contributed by atoms with Crippen molar-refractivity contribution >= 4 is 39.9 Å². The van der Waals surface area contributed by atoms with Gasteiger partial charge in [0.2, 0.25) is 0 Å². The first-order valence-corrected chi connectivity index (χ1v) is 11.0. The van der Waals surface area contributed by atoms with Crippen molar-refractivity contribution in [2.24, 2.45) is 5.10 Å². The number of hydrazone groups is 1. The van der Waals surface area contributed by atoms with Gasteiger partial charge in [-0.1, -0.05) is 33.6 Å². The first kappa shape index (κ1) is 24.7. The highest BCUT2D eigenvalue weighted by atomic mass is 79.9. The number of nitrogens with zero attached hydrogens (tertiary/aromatic N) is 1. The second-order valence-electron chi connectivity index (χ2n) is 7.15. The standard InChI is InChI=1S/C25H22BrN3O5/c1-16-4-3-5-18(12-16)24(31)27-15-23(30)29-28-14-19-13-20(26)8-11-22(19)34-25(32)17-6-9-21(33-2)10-7-17/h3-14H,15H2,1-2H3,(H,27,31)(H,29,30). The number of rotatable bonds is 8. The van der Waals surface area contributed by atoms with Crippen LogP contribution in [0.1, 0.15) is 31.8 Å². The maximum Gasteiger partial charge on any atom is 0.343 e. The summed E-state index contributed by atoms with van der Waals surface area (Å²) in [5.74, 6) is -0.539. The molecule has 0 aliphatic rings. The second-order valence-corrected chi connectivity index (χ2v) is 8.06. The van der Waals surface area contributed by atoms with Crippen LogP contribution in [0.25, 0.3) is 0 Å². The van der Waals surface area contributed by atoms with Gasteiger partial charge in [-0.25, -0.2) is 10.2 Å². The Morgan fingerprint density at radius 3 is 2.47 bits per heavy atom. The molecule has 0 saturated heterocycles. The number of halogens is 1. The number of amides is 2. The number of hydrogen-bond acceptors (Lipinski definition) is 6. The maximum absolute atomic E-state index is 12.5. The zero-order valence-corrected chi connectivity index (χ0v) is 20.1. The summed E-state index contributed by atoms with van der Waals surface area (Å²) >= 11 is 3.36. The molecule has 0 atom stereocenters. The third kappa shape index (κ3) is 7.01. The Hall–Kier alpha value is -3.98. The van der Waals surface area contributed by atoms with E-state index >= 15 is 0 Å². The summed E-state index contributed by atoms with van der Waals surface area (Å²) in [4.78, 5) is 36.7. The van der Waals surface area contributed by atoms with Crippen LogP contribution in [0.15, 0.2) is 76.3 Å². The number of aryl methyl sites for hydroxylation is 1. The first-order chi connectivity index (χ1) is 16.4. The van der Waals surface area contributed by atoms with Crippen LogP contribution in [0.5, 0.6) is 11.5 Å². The summed E-state index contributed by atoms with van der Waals surface area (Å²) < 4.78 is 11.3. The molecule has 8 nitrogen and oxygen atoms in total. The van der Waals surface area contributed by atoms with Crippen molar-refractivity contribution in [3.63, 3.8) is 0 Å². The lowest BCUT2D eigenvalue weighted by molar-refractivity contribution is -0.120. The molecule has 0 spiro atoms. The fraction of sp³-hybridized carbons (Fsp3) is 0.120. The molecular weight excluding hydrogens is 502 g/mol. The number of benzene rings is 3. The fourth-order valence-corrected chi connectivity index (χ4v) is 3.24. The molecule has 0 aromatic heterocycles. The minimum Gasteiger partial charge on any atom is -0.497 e. The van der Waals surface area contributed by atoms with Gasteiger partial charge in [-0.15, -0.1) is 0 Å². The highest BCUT2D eigenvalue weighted by molar-refractivity contribution is 9.10. The van der Waals surface area contributed by atoms with Crippen LogP contribution >= 0.6 is 15.9 Å². The van der Waals surface area contributed by atoms with Crippen molar-refractivity contribution in [1.29, 1.82) is 0 Å². The highest BCUT2D eigenvalue weighted by Crippen LogP contribution is 2.23. The molecule has 34 heavy (non-hydrogen) atoms. The molecule has 0 unspecified atom stereocenters. The molecule has 0 heterocycles. The molecule has 0 fully saturated rings. The summed E-state index contributed by atoms with van der Waals surface area (Å²) in [5.41, 5.74) is 4.56. The summed E-state index contributed by atoms with van der Waals surface area (Å²) in [6.07, 6.45) is 1.35. The predicted octanol–water partition coefficient (Wildman–Crippen LogP) is 3.87. The second kappa shape index (κ2) is 11.8. The maximum atomic E-state index is 12.5. The van der Waals surface area contributed by atoms with Gasteiger partial charge < -0.3 is 14.8 Å². The quantitative estimate of drug-likeness (QED) is 0.202. The van der Waals surface area contributed by atoms with E-state index in [9.17, 15) is 14.4 Å². The SMILES string of the molecule is COc1ccc(C(=O)Oc2ccc(Br)cc2C=NNC(=O)CNC(=O)c2cccc(C)c2)cc1. The molecule has 3 aromatic carbocycles. The van der Waals surface area contributed by atoms with E-state index in [-0.39, 0.29) is 18.2 Å². The van der Waals surface area contributed by atoms with Gasteiger partial charge in [-0.3, -0.25) is 9.59 Å². The van der Waals surface area contributed by atoms with Gasteiger partial charge in [-0.2, -0.15) is 5.10 Å². The average molecular weight is 524 g/mol. The topological polar surface area (TPSA) is 106 Å². The average Bonchev–Trinajstić information content (AvgIpc) is 2.84. The Kier molecular flexibility index (Phi) is 8.53. The van der Waals surface area contributed by atoms with Crippen LogP contribution in [0.3, 0.4) is 0 Å². The van der Waals surface area contributed by atoms with Crippen LogP contribution in [0.2, 0.25) is 0 Å². The third-order valence-electron chi connectivity index (χ3n) is 4.58. The van der Waals surface area contributed by atoms with E-state index < -0.39 is 11.9 Å². The monoisotopic (exact) mass is 523 g/mol. The Bertz CT molecular complexity index is 1230. The van der Waals surface area contributed by atoms with Crippen molar-refractivity contribution in [3.8, 4) is 11.5 Å². The molecule has 2 amide bonds. The lowest BCUT2D eigenvalue weighted by Gasteiger charge is -2.09. The number of esters is 1. The molecular formula is C25H22BrN3O5. The van der Waals surface area contributed by atoms with E-state index in [4.69, 9.17) is 9.47 Å². The van der Waals surface area contributed by atoms with E-state index in [1.807, 2.05) is 13.0 Å². The van der Waals surface area contributed by atoms with Crippen LogP contribution < -0.4 is 20.2 Å². The minimum atomic E-state index is -0.553. The van der Waals surface area contributed by atoms with Crippen molar-refractivity contribution in [2.45, 2.75) is 6.92 Å². The van der Waals surface area contributed by atoms with Gasteiger partial charge in [0.05, 0.1) is 25.4 Å². The normalized spacial score (nSPS) is 10.6. The number of carbonyl (C=O) groups is 3. The van der Waals surface area contributed by atoms with E-state index in [1.165, 1.54) is 13.3 Å². The van der Waals surface area contributed by atoms with Crippen LogP contribution in [-0.2, 0) is 4.79 Å². The smallest absolute Gasteiger partial charge is 0.343 e. The van der Waals surface area contributed by atoms with Gasteiger partial charge in [0, 0.05) is 15.6 Å². The Balaban J connectivity index is 1.59. The molecule has 2 N–H and O–H groups in total. The molecule has 3 aromatic rings. The Labute approximate surface area is 205 Å². The van der Waals surface area contributed by atoms with Crippen LogP contribution in [0, 0.1) is 6.92 Å². The Morgan fingerprint density at radius 1 is 1.00 bits per heavy atom. The van der Waals surface area contributed by atoms with E-state index in [1.54, 1.807) is 60.7 Å². The van der Waals surface area contributed by atoms with E-state index in [2.05, 4.69) is 31.8 Å². The number of carbonyl (C=O) groups excluding carboxylic acids is 3. The van der Waals surface area contributed by atoms with E-state index in [0.29, 0.717) is 22.4 Å². The molecule has 0 radical (unpaired) electrons. The van der Waals surface area contributed by atoms with Gasteiger partial charge in [0.1, 0.15) is 11.5 Å². The van der Waals surface area contributed by atoms with Crippen molar-refractivity contribution < 1.29 is 23.9 Å². The Morgan fingerprint density at radius 2 is 1.76 bits per heavy atom. The fourth-order valence-electron chi connectivity index (χ4n) is 2.86. The molecule has 0 aliphatic heterocycles. The highest BCUT2D eigenvalue weighted by Gasteiger charge is 2.12. The minimum absolute atomic E-state index is 0.248. The number of methoxy groups -OCH3 is 1. The van der Waals surface area contributed by atoms with Crippen LogP contribution in [0.4, 0.5) is 0 Å². The number of ether oxygens (including phenoxy) is 2. The lowest BCUT2D eigenvalue weighted by Crippen LogP contribution is -2.34. The number of hydrogen-bond donors (Lipinski definition) is 2. The zero-order chi connectivity index (χ0) is 24.5. The zero-order valence-electron chi connectivity index (χ0n) is 18.5. The van der Waals surface area contributed by atoms with Gasteiger partial charge >= 0.3 is 5.97 Å².